The topological polar surface area (TPSA) is 41.1 Å². The number of carbonyl (C=O) groups is 1. The molecule has 3 heteroatoms. The van der Waals surface area contributed by atoms with Crippen LogP contribution in [0.25, 0.3) is 0 Å². The molecule has 1 atom stereocenters. The molecule has 3 fully saturated rings. The lowest BCUT2D eigenvalue weighted by molar-refractivity contribution is -0.132. The quantitative estimate of drug-likeness (QED) is 0.783. The van der Waals surface area contributed by atoms with Crippen molar-refractivity contribution in [2.75, 3.05) is 19.6 Å². The molecule has 3 rings (SSSR count). The Hall–Kier alpha value is -0.570. The molecule has 2 saturated carbocycles. The number of hydrogen-bond acceptors (Lipinski definition) is 2. The van der Waals surface area contributed by atoms with Gasteiger partial charge in [0, 0.05) is 13.1 Å². The van der Waals surface area contributed by atoms with Gasteiger partial charge in [-0.1, -0.05) is 13.8 Å². The average molecular weight is 250 g/mol. The summed E-state index contributed by atoms with van der Waals surface area (Å²) >= 11 is 0. The van der Waals surface area contributed by atoms with Gasteiger partial charge in [-0.15, -0.1) is 0 Å². The van der Waals surface area contributed by atoms with E-state index in [1.807, 2.05) is 0 Å². The van der Waals surface area contributed by atoms with Crippen molar-refractivity contribution in [2.45, 2.75) is 46.0 Å². The number of rotatable bonds is 5. The van der Waals surface area contributed by atoms with Gasteiger partial charge < -0.3 is 10.6 Å². The molecule has 0 bridgehead atoms. The molecule has 102 valence electrons. The Balaban J connectivity index is 1.60. The molecule has 0 aromatic rings. The average Bonchev–Trinajstić information content (AvgIpc) is 3.24. The van der Waals surface area contributed by atoms with Gasteiger partial charge in [0.15, 0.2) is 0 Å². The molecular weight excluding hydrogens is 224 g/mol. The summed E-state index contributed by atoms with van der Waals surface area (Å²) in [5, 5.41) is 6.65. The Bertz CT molecular complexity index is 336. The molecule has 0 aromatic carbocycles. The summed E-state index contributed by atoms with van der Waals surface area (Å²) in [4.78, 5) is 12.6. The molecule has 1 unspecified atom stereocenters. The van der Waals surface area contributed by atoms with Crippen LogP contribution < -0.4 is 10.6 Å². The highest BCUT2D eigenvalue weighted by molar-refractivity contribution is 5.83. The Morgan fingerprint density at radius 2 is 2.06 bits per heavy atom. The molecule has 3 nitrogen and oxygen atoms in total. The predicted molar refractivity (Wildman–Crippen MR) is 72.2 cm³/mol. The SMILES string of the molecule is CC(C)C1(C(=O)NCC2(C3CC3)CC2)CCNC1. The first kappa shape index (κ1) is 12.5. The van der Waals surface area contributed by atoms with Crippen molar-refractivity contribution in [2.24, 2.45) is 22.7 Å². The van der Waals surface area contributed by atoms with Crippen molar-refractivity contribution in [3.8, 4) is 0 Å². The Morgan fingerprint density at radius 3 is 2.50 bits per heavy atom. The summed E-state index contributed by atoms with van der Waals surface area (Å²) in [5.41, 5.74) is 0.361. The molecule has 0 aromatic heterocycles. The Morgan fingerprint density at radius 1 is 1.33 bits per heavy atom. The Labute approximate surface area is 110 Å². The molecule has 2 N–H and O–H groups in total. The second-order valence-electron chi connectivity index (χ2n) is 7.06. The number of carbonyl (C=O) groups excluding carboxylic acids is 1. The van der Waals surface area contributed by atoms with E-state index in [1.165, 1.54) is 25.7 Å². The summed E-state index contributed by atoms with van der Waals surface area (Å²) in [6.07, 6.45) is 6.46. The minimum absolute atomic E-state index is 0.153. The third-order valence-electron chi connectivity index (χ3n) is 5.68. The van der Waals surface area contributed by atoms with Crippen LogP contribution in [0, 0.1) is 22.7 Å². The maximum absolute atomic E-state index is 12.6. The van der Waals surface area contributed by atoms with Gasteiger partial charge in [0.2, 0.25) is 5.91 Å². The van der Waals surface area contributed by atoms with E-state index in [2.05, 4.69) is 24.5 Å². The van der Waals surface area contributed by atoms with Crippen molar-refractivity contribution < 1.29 is 4.79 Å². The third kappa shape index (κ3) is 1.97. The smallest absolute Gasteiger partial charge is 0.227 e. The van der Waals surface area contributed by atoms with Crippen molar-refractivity contribution in [1.29, 1.82) is 0 Å². The summed E-state index contributed by atoms with van der Waals surface area (Å²) in [6.45, 7) is 7.14. The van der Waals surface area contributed by atoms with Crippen LogP contribution in [-0.2, 0) is 4.79 Å². The highest BCUT2D eigenvalue weighted by Gasteiger charge is 2.54. The second-order valence-corrected chi connectivity index (χ2v) is 7.06. The number of hydrogen-bond donors (Lipinski definition) is 2. The first-order valence-electron chi connectivity index (χ1n) is 7.58. The van der Waals surface area contributed by atoms with Crippen LogP contribution in [0.5, 0.6) is 0 Å². The lowest BCUT2D eigenvalue weighted by atomic mass is 9.75. The van der Waals surface area contributed by atoms with Gasteiger partial charge in [0.1, 0.15) is 0 Å². The molecule has 3 aliphatic rings. The third-order valence-corrected chi connectivity index (χ3v) is 5.68. The highest BCUT2D eigenvalue weighted by atomic mass is 16.2. The minimum Gasteiger partial charge on any atom is -0.355 e. The second kappa shape index (κ2) is 4.22. The van der Waals surface area contributed by atoms with Crippen LogP contribution in [0.2, 0.25) is 0 Å². The molecule has 1 aliphatic heterocycles. The van der Waals surface area contributed by atoms with E-state index >= 15 is 0 Å². The molecule has 18 heavy (non-hydrogen) atoms. The van der Waals surface area contributed by atoms with Crippen LogP contribution in [0.1, 0.15) is 46.0 Å². The summed E-state index contributed by atoms with van der Waals surface area (Å²) in [6, 6.07) is 0. The lowest BCUT2D eigenvalue weighted by Gasteiger charge is -2.32. The lowest BCUT2D eigenvalue weighted by Crippen LogP contribution is -2.47. The molecular formula is C15H26N2O. The van der Waals surface area contributed by atoms with E-state index < -0.39 is 0 Å². The Kier molecular flexibility index (Phi) is 2.92. The predicted octanol–water partition coefficient (Wildman–Crippen LogP) is 1.93. The van der Waals surface area contributed by atoms with Crippen molar-refractivity contribution in [1.82, 2.24) is 10.6 Å². The zero-order valence-corrected chi connectivity index (χ0v) is 11.7. The van der Waals surface area contributed by atoms with Gasteiger partial charge in [0.05, 0.1) is 5.41 Å². The van der Waals surface area contributed by atoms with Gasteiger partial charge >= 0.3 is 0 Å². The van der Waals surface area contributed by atoms with Crippen molar-refractivity contribution in [3.63, 3.8) is 0 Å². The van der Waals surface area contributed by atoms with E-state index in [0.29, 0.717) is 17.2 Å². The maximum atomic E-state index is 12.6. The molecule has 1 amide bonds. The first-order valence-corrected chi connectivity index (χ1v) is 7.58. The van der Waals surface area contributed by atoms with Crippen LogP contribution >= 0.6 is 0 Å². The van der Waals surface area contributed by atoms with Gasteiger partial charge in [0.25, 0.3) is 0 Å². The van der Waals surface area contributed by atoms with Gasteiger partial charge in [-0.05, 0) is 55.9 Å². The fourth-order valence-electron chi connectivity index (χ4n) is 3.68. The van der Waals surface area contributed by atoms with E-state index in [4.69, 9.17) is 0 Å². The fourth-order valence-corrected chi connectivity index (χ4v) is 3.68. The molecule has 2 aliphatic carbocycles. The largest absolute Gasteiger partial charge is 0.355 e. The summed E-state index contributed by atoms with van der Waals surface area (Å²) < 4.78 is 0. The number of amides is 1. The normalized spacial score (nSPS) is 33.7. The highest BCUT2D eigenvalue weighted by Crippen LogP contribution is 2.60. The van der Waals surface area contributed by atoms with E-state index in [-0.39, 0.29) is 5.41 Å². The minimum atomic E-state index is -0.153. The molecule has 0 spiro atoms. The monoisotopic (exact) mass is 250 g/mol. The summed E-state index contributed by atoms with van der Waals surface area (Å²) in [5.74, 6) is 1.65. The van der Waals surface area contributed by atoms with Crippen LogP contribution in [0.4, 0.5) is 0 Å². The first-order chi connectivity index (χ1) is 8.59. The van der Waals surface area contributed by atoms with Crippen molar-refractivity contribution in [3.05, 3.63) is 0 Å². The molecule has 0 radical (unpaired) electrons. The van der Waals surface area contributed by atoms with Gasteiger partial charge in [-0.3, -0.25) is 4.79 Å². The van der Waals surface area contributed by atoms with Crippen LogP contribution in [-0.4, -0.2) is 25.5 Å². The van der Waals surface area contributed by atoms with Crippen LogP contribution in [0.15, 0.2) is 0 Å². The standard InChI is InChI=1S/C15H26N2O/c1-11(2)15(7-8-16-10-15)13(18)17-9-14(5-6-14)12-3-4-12/h11-12,16H,3-10H2,1-2H3,(H,17,18). The summed E-state index contributed by atoms with van der Waals surface area (Å²) in [7, 11) is 0. The van der Waals surface area contributed by atoms with Crippen LogP contribution in [0.3, 0.4) is 0 Å². The molecule has 1 heterocycles. The zero-order chi connectivity index (χ0) is 12.8. The van der Waals surface area contributed by atoms with E-state index in [0.717, 1.165) is 32.0 Å². The van der Waals surface area contributed by atoms with Crippen molar-refractivity contribution >= 4 is 5.91 Å². The maximum Gasteiger partial charge on any atom is 0.227 e. The van der Waals surface area contributed by atoms with E-state index in [1.54, 1.807) is 0 Å². The van der Waals surface area contributed by atoms with E-state index in [9.17, 15) is 4.79 Å². The fraction of sp³-hybridized carbons (Fsp3) is 0.933. The molecule has 1 saturated heterocycles. The van der Waals surface area contributed by atoms with Gasteiger partial charge in [-0.25, -0.2) is 0 Å². The number of nitrogens with one attached hydrogen (secondary N) is 2. The van der Waals surface area contributed by atoms with Gasteiger partial charge in [-0.2, -0.15) is 0 Å². The zero-order valence-electron chi connectivity index (χ0n) is 11.7.